The monoisotopic (exact) mass is 254 g/mol. The highest BCUT2D eigenvalue weighted by Crippen LogP contribution is 2.15. The van der Waals surface area contributed by atoms with Crippen molar-refractivity contribution in [3.8, 4) is 0 Å². The van der Waals surface area contributed by atoms with E-state index >= 15 is 0 Å². The summed E-state index contributed by atoms with van der Waals surface area (Å²) in [4.78, 5) is 28.5. The molecule has 94 valence electrons. The van der Waals surface area contributed by atoms with Crippen molar-refractivity contribution < 1.29 is 9.53 Å². The molecule has 5 heteroatoms. The Morgan fingerprint density at radius 2 is 2.05 bits per heavy atom. The van der Waals surface area contributed by atoms with E-state index in [0.717, 1.165) is 0 Å². The van der Waals surface area contributed by atoms with Crippen LogP contribution in [0.3, 0.4) is 0 Å². The first-order valence-electron chi connectivity index (χ1n) is 5.71. The summed E-state index contributed by atoms with van der Waals surface area (Å²) in [6.07, 6.45) is 1.62. The molecule has 0 aliphatic rings. The zero-order chi connectivity index (χ0) is 13.4. The molecule has 0 aliphatic heterocycles. The zero-order valence-electron chi connectivity index (χ0n) is 10.2. The Hall–Kier alpha value is -2.69. The molecule has 5 nitrogen and oxygen atoms in total. The molecular formula is C14H10N2O3. The van der Waals surface area contributed by atoms with Gasteiger partial charge in [-0.05, 0) is 24.3 Å². The molecule has 3 rings (SSSR count). The molecule has 0 saturated carbocycles. The quantitative estimate of drug-likeness (QED) is 0.489. The fourth-order valence-electron chi connectivity index (χ4n) is 2.08. The van der Waals surface area contributed by atoms with Gasteiger partial charge in [-0.3, -0.25) is 9.20 Å². The first-order valence-corrected chi connectivity index (χ1v) is 5.71. The Labute approximate surface area is 108 Å². The van der Waals surface area contributed by atoms with Gasteiger partial charge in [-0.1, -0.05) is 12.1 Å². The SMILES string of the molecule is COC(=O)c1cccc2nc3ccccn3c(=O)c12. The molecule has 0 unspecified atom stereocenters. The number of fused-ring (bicyclic) bond motifs is 2. The maximum atomic E-state index is 12.4. The van der Waals surface area contributed by atoms with Crippen molar-refractivity contribution in [2.75, 3.05) is 7.11 Å². The Morgan fingerprint density at radius 3 is 2.84 bits per heavy atom. The number of carbonyl (C=O) groups excluding carboxylic acids is 1. The van der Waals surface area contributed by atoms with Gasteiger partial charge >= 0.3 is 5.97 Å². The van der Waals surface area contributed by atoms with E-state index in [2.05, 4.69) is 4.98 Å². The normalized spacial score (nSPS) is 10.8. The van der Waals surface area contributed by atoms with E-state index < -0.39 is 5.97 Å². The lowest BCUT2D eigenvalue weighted by atomic mass is 10.1. The van der Waals surface area contributed by atoms with Gasteiger partial charge in [0.1, 0.15) is 5.65 Å². The predicted octanol–water partition coefficient (Wildman–Crippen LogP) is 1.63. The van der Waals surface area contributed by atoms with E-state index in [1.165, 1.54) is 11.5 Å². The predicted molar refractivity (Wildman–Crippen MR) is 70.3 cm³/mol. The lowest BCUT2D eigenvalue weighted by Crippen LogP contribution is -2.18. The highest BCUT2D eigenvalue weighted by atomic mass is 16.5. The average molecular weight is 254 g/mol. The fraction of sp³-hybridized carbons (Fsp3) is 0.0714. The van der Waals surface area contributed by atoms with Crippen molar-refractivity contribution in [3.05, 3.63) is 58.5 Å². The van der Waals surface area contributed by atoms with Gasteiger partial charge in [0.15, 0.2) is 0 Å². The first-order chi connectivity index (χ1) is 9.22. The van der Waals surface area contributed by atoms with E-state index in [1.807, 2.05) is 0 Å². The standard InChI is InChI=1S/C14H10N2O3/c1-19-14(18)9-5-4-6-10-12(9)13(17)16-8-3-2-7-11(16)15-10/h2-8H,1H3. The molecule has 0 bridgehead atoms. The number of esters is 1. The maximum Gasteiger partial charge on any atom is 0.338 e. The summed E-state index contributed by atoms with van der Waals surface area (Å²) >= 11 is 0. The van der Waals surface area contributed by atoms with E-state index in [9.17, 15) is 9.59 Å². The van der Waals surface area contributed by atoms with Gasteiger partial charge in [0.2, 0.25) is 0 Å². The third-order valence-electron chi connectivity index (χ3n) is 2.95. The first kappa shape index (κ1) is 11.4. The molecule has 2 heterocycles. The number of methoxy groups -OCH3 is 1. The van der Waals surface area contributed by atoms with Gasteiger partial charge < -0.3 is 4.74 Å². The topological polar surface area (TPSA) is 60.7 Å². The van der Waals surface area contributed by atoms with Crippen LogP contribution < -0.4 is 5.56 Å². The Bertz CT molecular complexity index is 852. The number of carbonyl (C=O) groups is 1. The summed E-state index contributed by atoms with van der Waals surface area (Å²) in [7, 11) is 1.28. The molecule has 19 heavy (non-hydrogen) atoms. The van der Waals surface area contributed by atoms with Gasteiger partial charge in [0, 0.05) is 6.20 Å². The van der Waals surface area contributed by atoms with Crippen LogP contribution in [0.5, 0.6) is 0 Å². The number of hydrogen-bond donors (Lipinski definition) is 0. The second kappa shape index (κ2) is 4.20. The number of rotatable bonds is 1. The second-order valence-electron chi connectivity index (χ2n) is 4.04. The van der Waals surface area contributed by atoms with Crippen LogP contribution >= 0.6 is 0 Å². The summed E-state index contributed by atoms with van der Waals surface area (Å²) in [6, 6.07) is 10.2. The third kappa shape index (κ3) is 1.67. The summed E-state index contributed by atoms with van der Waals surface area (Å²) in [5.41, 5.74) is 0.985. The molecular weight excluding hydrogens is 244 g/mol. The van der Waals surface area contributed by atoms with Crippen LogP contribution in [0.2, 0.25) is 0 Å². The Balaban J connectivity index is 2.53. The smallest absolute Gasteiger partial charge is 0.338 e. The highest BCUT2D eigenvalue weighted by molar-refractivity contribution is 6.03. The average Bonchev–Trinajstić information content (AvgIpc) is 2.46. The number of ether oxygens (including phenoxy) is 1. The second-order valence-corrected chi connectivity index (χ2v) is 4.04. The number of nitrogens with zero attached hydrogens (tertiary/aromatic N) is 2. The largest absolute Gasteiger partial charge is 0.465 e. The summed E-state index contributed by atoms with van der Waals surface area (Å²) < 4.78 is 6.11. The molecule has 0 saturated heterocycles. The fourth-order valence-corrected chi connectivity index (χ4v) is 2.08. The lowest BCUT2D eigenvalue weighted by molar-refractivity contribution is 0.0603. The van der Waals surface area contributed by atoms with Crippen LogP contribution in [0.4, 0.5) is 0 Å². The van der Waals surface area contributed by atoms with Crippen LogP contribution in [0.25, 0.3) is 16.6 Å². The zero-order valence-corrected chi connectivity index (χ0v) is 10.2. The molecule has 0 N–H and O–H groups in total. The van der Waals surface area contributed by atoms with Crippen LogP contribution in [0, 0.1) is 0 Å². The van der Waals surface area contributed by atoms with Crippen molar-refractivity contribution in [2.45, 2.75) is 0 Å². The number of aromatic nitrogens is 2. The molecule has 0 amide bonds. The number of pyridine rings is 1. The van der Waals surface area contributed by atoms with Crippen molar-refractivity contribution in [1.29, 1.82) is 0 Å². The summed E-state index contributed by atoms with van der Waals surface area (Å²) in [5.74, 6) is -0.541. The number of hydrogen-bond acceptors (Lipinski definition) is 4. The molecule has 3 aromatic rings. The van der Waals surface area contributed by atoms with E-state index in [1.54, 1.807) is 42.6 Å². The molecule has 0 radical (unpaired) electrons. The van der Waals surface area contributed by atoms with Crippen LogP contribution in [0.15, 0.2) is 47.4 Å². The Morgan fingerprint density at radius 1 is 1.21 bits per heavy atom. The van der Waals surface area contributed by atoms with Crippen LogP contribution in [0.1, 0.15) is 10.4 Å². The van der Waals surface area contributed by atoms with Gasteiger partial charge in [0.05, 0.1) is 23.6 Å². The van der Waals surface area contributed by atoms with Crippen LogP contribution in [-0.4, -0.2) is 22.5 Å². The van der Waals surface area contributed by atoms with Crippen molar-refractivity contribution >= 4 is 22.5 Å². The molecule has 0 fully saturated rings. The minimum Gasteiger partial charge on any atom is -0.465 e. The van der Waals surface area contributed by atoms with Crippen LogP contribution in [-0.2, 0) is 4.74 Å². The molecule has 0 spiro atoms. The van der Waals surface area contributed by atoms with E-state index in [0.29, 0.717) is 11.2 Å². The van der Waals surface area contributed by atoms with Gasteiger partial charge in [-0.2, -0.15) is 0 Å². The third-order valence-corrected chi connectivity index (χ3v) is 2.95. The maximum absolute atomic E-state index is 12.4. The molecule has 2 aromatic heterocycles. The minimum absolute atomic E-state index is 0.232. The molecule has 0 atom stereocenters. The highest BCUT2D eigenvalue weighted by Gasteiger charge is 2.15. The molecule has 1 aromatic carbocycles. The van der Waals surface area contributed by atoms with Crippen molar-refractivity contribution in [2.24, 2.45) is 0 Å². The summed E-state index contributed by atoms with van der Waals surface area (Å²) in [5, 5.41) is 0.276. The van der Waals surface area contributed by atoms with E-state index in [-0.39, 0.29) is 16.5 Å². The van der Waals surface area contributed by atoms with Gasteiger partial charge in [-0.25, -0.2) is 9.78 Å². The van der Waals surface area contributed by atoms with Gasteiger partial charge in [-0.15, -0.1) is 0 Å². The summed E-state index contributed by atoms with van der Waals surface area (Å²) in [6.45, 7) is 0. The van der Waals surface area contributed by atoms with Crippen molar-refractivity contribution in [3.63, 3.8) is 0 Å². The lowest BCUT2D eigenvalue weighted by Gasteiger charge is -2.06. The molecule has 0 aliphatic carbocycles. The number of benzene rings is 1. The Kier molecular flexibility index (Phi) is 2.52. The van der Waals surface area contributed by atoms with Gasteiger partial charge in [0.25, 0.3) is 5.56 Å². The minimum atomic E-state index is -0.541. The van der Waals surface area contributed by atoms with E-state index in [4.69, 9.17) is 4.74 Å². The van der Waals surface area contributed by atoms with Crippen molar-refractivity contribution in [1.82, 2.24) is 9.38 Å².